The summed E-state index contributed by atoms with van der Waals surface area (Å²) in [5, 5.41) is 11.0. The van der Waals surface area contributed by atoms with E-state index < -0.39 is 30.3 Å². The molecule has 0 radical (unpaired) electrons. The van der Waals surface area contributed by atoms with Crippen LogP contribution in [0.2, 0.25) is 0 Å². The highest BCUT2D eigenvalue weighted by atomic mass is 19.4. The van der Waals surface area contributed by atoms with Gasteiger partial charge in [0.25, 0.3) is 0 Å². The molecule has 0 fully saturated rings. The summed E-state index contributed by atoms with van der Waals surface area (Å²) in [5.74, 6) is -1.95. The number of hydrogen-bond donors (Lipinski definition) is 2. The van der Waals surface area contributed by atoms with Crippen molar-refractivity contribution in [3.8, 4) is 5.75 Å². The first kappa shape index (κ1) is 12.5. The molecule has 2 rings (SSSR count). The van der Waals surface area contributed by atoms with Gasteiger partial charge in [0, 0.05) is 17.3 Å². The van der Waals surface area contributed by atoms with E-state index in [4.69, 9.17) is 5.11 Å². The Labute approximate surface area is 98.2 Å². The highest BCUT2D eigenvalue weighted by Crippen LogP contribution is 2.39. The maximum absolute atomic E-state index is 13.6. The van der Waals surface area contributed by atoms with Crippen molar-refractivity contribution in [1.29, 1.82) is 0 Å². The molecule has 0 saturated heterocycles. The highest BCUT2D eigenvalue weighted by molar-refractivity contribution is 5.82. The van der Waals surface area contributed by atoms with Crippen molar-refractivity contribution in [2.45, 2.75) is 18.6 Å². The van der Waals surface area contributed by atoms with E-state index in [1.165, 1.54) is 0 Å². The van der Waals surface area contributed by atoms with Crippen molar-refractivity contribution in [3.05, 3.63) is 23.8 Å². The van der Waals surface area contributed by atoms with Gasteiger partial charge in [0.15, 0.2) is 12.2 Å². The molecule has 1 aromatic rings. The number of fused-ring (bicyclic) bond motifs is 1. The van der Waals surface area contributed by atoms with Gasteiger partial charge < -0.3 is 15.2 Å². The van der Waals surface area contributed by atoms with Crippen molar-refractivity contribution in [2.24, 2.45) is 0 Å². The second kappa shape index (κ2) is 4.04. The third-order valence-electron chi connectivity index (χ3n) is 2.43. The van der Waals surface area contributed by atoms with E-state index >= 15 is 0 Å². The summed E-state index contributed by atoms with van der Waals surface area (Å²) >= 11 is 0. The number of carboxylic acid groups (broad SMARTS) is 1. The number of hydrogen-bond acceptors (Lipinski definition) is 3. The van der Waals surface area contributed by atoms with Crippen LogP contribution in [-0.4, -0.2) is 23.5 Å². The van der Waals surface area contributed by atoms with Crippen molar-refractivity contribution in [3.63, 3.8) is 0 Å². The Kier molecular flexibility index (Phi) is 2.80. The third kappa shape index (κ3) is 2.31. The van der Waals surface area contributed by atoms with Gasteiger partial charge in [-0.05, 0) is 6.07 Å². The molecule has 1 aliphatic rings. The lowest BCUT2D eigenvalue weighted by molar-refractivity contribution is -0.274. The number of rotatable bonds is 2. The van der Waals surface area contributed by atoms with Gasteiger partial charge in [-0.2, -0.15) is 0 Å². The fourth-order valence-electron chi connectivity index (χ4n) is 1.71. The molecule has 2 unspecified atom stereocenters. The molecule has 0 spiro atoms. The number of carboxylic acids is 1. The van der Waals surface area contributed by atoms with Crippen LogP contribution < -0.4 is 10.1 Å². The minimum absolute atomic E-state index is 0.00285. The molecule has 8 heteroatoms. The maximum atomic E-state index is 13.6. The van der Waals surface area contributed by atoms with Gasteiger partial charge >= 0.3 is 12.3 Å². The summed E-state index contributed by atoms with van der Waals surface area (Å²) in [5.41, 5.74) is -0.0198. The van der Waals surface area contributed by atoms with Crippen molar-refractivity contribution in [1.82, 2.24) is 0 Å². The van der Waals surface area contributed by atoms with E-state index in [-0.39, 0.29) is 11.3 Å². The number of ether oxygens (including phenoxy) is 1. The van der Waals surface area contributed by atoms with Gasteiger partial charge in [-0.1, -0.05) is 6.07 Å². The number of halogens is 4. The number of alkyl halides is 4. The molecular formula is C10H7F4NO3. The molecule has 2 atom stereocenters. The lowest BCUT2D eigenvalue weighted by Gasteiger charge is -2.09. The smallest absolute Gasteiger partial charge is 0.480 e. The Morgan fingerprint density at radius 3 is 2.61 bits per heavy atom. The molecule has 1 aliphatic heterocycles. The Balaban J connectivity index is 2.26. The van der Waals surface area contributed by atoms with Crippen LogP contribution in [0.15, 0.2) is 18.2 Å². The van der Waals surface area contributed by atoms with Gasteiger partial charge in [0.1, 0.15) is 5.75 Å². The van der Waals surface area contributed by atoms with Gasteiger partial charge in [-0.3, -0.25) is 0 Å². The lowest BCUT2D eigenvalue weighted by atomic mass is 10.1. The number of anilines is 1. The summed E-state index contributed by atoms with van der Waals surface area (Å²) in [6, 6.07) is 1.42. The van der Waals surface area contributed by atoms with Crippen LogP contribution in [-0.2, 0) is 4.79 Å². The average molecular weight is 265 g/mol. The van der Waals surface area contributed by atoms with Crippen molar-refractivity contribution >= 4 is 11.7 Å². The molecule has 18 heavy (non-hydrogen) atoms. The van der Waals surface area contributed by atoms with Gasteiger partial charge in [0.05, 0.1) is 0 Å². The third-order valence-corrected chi connectivity index (χ3v) is 2.43. The van der Waals surface area contributed by atoms with Crippen LogP contribution >= 0.6 is 0 Å². The summed E-state index contributed by atoms with van der Waals surface area (Å²) < 4.78 is 53.1. The molecule has 0 saturated carbocycles. The number of carbonyl (C=O) groups is 1. The van der Waals surface area contributed by atoms with E-state index in [0.717, 1.165) is 18.2 Å². The molecule has 4 nitrogen and oxygen atoms in total. The second-order valence-corrected chi connectivity index (χ2v) is 3.66. The first-order valence-electron chi connectivity index (χ1n) is 4.81. The minimum Gasteiger partial charge on any atom is -0.480 e. The van der Waals surface area contributed by atoms with Gasteiger partial charge in [-0.15, -0.1) is 13.2 Å². The number of aliphatic carboxylic acids is 1. The van der Waals surface area contributed by atoms with Crippen LogP contribution in [0, 0.1) is 0 Å². The van der Waals surface area contributed by atoms with Crippen LogP contribution in [0.25, 0.3) is 0 Å². The molecule has 0 aliphatic carbocycles. The van der Waals surface area contributed by atoms with Gasteiger partial charge in [0.2, 0.25) is 0 Å². The SMILES string of the molecule is O=C(O)C1Nc2cc(OC(F)(F)F)ccc2C1F. The maximum Gasteiger partial charge on any atom is 0.573 e. The average Bonchev–Trinajstić information content (AvgIpc) is 2.53. The monoisotopic (exact) mass is 265 g/mol. The molecule has 0 aromatic heterocycles. The predicted octanol–water partition coefficient (Wildman–Crippen LogP) is 2.47. The van der Waals surface area contributed by atoms with Crippen molar-refractivity contribution in [2.75, 3.05) is 5.32 Å². The normalized spacial score (nSPS) is 22.2. The van der Waals surface area contributed by atoms with E-state index in [9.17, 15) is 22.4 Å². The van der Waals surface area contributed by atoms with Gasteiger partial charge in [-0.25, -0.2) is 9.18 Å². The molecule has 0 amide bonds. The zero-order valence-corrected chi connectivity index (χ0v) is 8.66. The number of benzene rings is 1. The lowest BCUT2D eigenvalue weighted by Crippen LogP contribution is -2.28. The Morgan fingerprint density at radius 1 is 1.39 bits per heavy atom. The molecular weight excluding hydrogens is 258 g/mol. The predicted molar refractivity (Wildman–Crippen MR) is 52.0 cm³/mol. The zero-order valence-electron chi connectivity index (χ0n) is 8.66. The molecule has 98 valence electrons. The topological polar surface area (TPSA) is 58.6 Å². The summed E-state index contributed by atoms with van der Waals surface area (Å²) in [6.07, 6.45) is -6.66. The van der Waals surface area contributed by atoms with E-state index in [0.29, 0.717) is 0 Å². The van der Waals surface area contributed by atoms with E-state index in [1.807, 2.05) is 0 Å². The molecule has 2 N–H and O–H groups in total. The largest absolute Gasteiger partial charge is 0.573 e. The van der Waals surface area contributed by atoms with E-state index in [1.54, 1.807) is 0 Å². The standard InChI is InChI=1S/C10H7F4NO3/c11-7-5-2-1-4(18-10(12,13)14)3-6(5)15-8(7)9(16)17/h1-3,7-8,15H,(H,16,17). The van der Waals surface area contributed by atoms with Crippen LogP contribution in [0.1, 0.15) is 11.7 Å². The summed E-state index contributed by atoms with van der Waals surface area (Å²) in [4.78, 5) is 10.7. The number of nitrogens with one attached hydrogen (secondary N) is 1. The van der Waals surface area contributed by atoms with Crippen LogP contribution in [0.3, 0.4) is 0 Å². The van der Waals surface area contributed by atoms with Crippen LogP contribution in [0.4, 0.5) is 23.2 Å². The molecule has 0 bridgehead atoms. The van der Waals surface area contributed by atoms with Crippen molar-refractivity contribution < 1.29 is 32.2 Å². The van der Waals surface area contributed by atoms with E-state index in [2.05, 4.69) is 10.1 Å². The summed E-state index contributed by atoms with van der Waals surface area (Å²) in [7, 11) is 0. The fraction of sp³-hybridized carbons (Fsp3) is 0.300. The fourth-order valence-corrected chi connectivity index (χ4v) is 1.71. The first-order valence-corrected chi connectivity index (χ1v) is 4.81. The summed E-state index contributed by atoms with van der Waals surface area (Å²) in [6.45, 7) is 0. The Bertz CT molecular complexity index is 489. The van der Waals surface area contributed by atoms with Crippen LogP contribution in [0.5, 0.6) is 5.75 Å². The second-order valence-electron chi connectivity index (χ2n) is 3.66. The highest BCUT2D eigenvalue weighted by Gasteiger charge is 2.38. The quantitative estimate of drug-likeness (QED) is 0.806. The molecule has 1 heterocycles. The Morgan fingerprint density at radius 2 is 2.06 bits per heavy atom. The minimum atomic E-state index is -4.85. The Hall–Kier alpha value is -1.99. The molecule has 1 aromatic carbocycles. The first-order chi connectivity index (χ1) is 8.28. The zero-order chi connectivity index (χ0) is 13.5.